The van der Waals surface area contributed by atoms with Crippen LogP contribution in [-0.2, 0) is 14.3 Å². The first-order chi connectivity index (χ1) is 8.54. The molecule has 1 aromatic carbocycles. The molecule has 1 aromatic rings. The molecule has 0 saturated heterocycles. The fraction of sp³-hybridized carbons (Fsp3) is 0.250. The summed E-state index contributed by atoms with van der Waals surface area (Å²) < 4.78 is 4.39. The van der Waals surface area contributed by atoms with Crippen LogP contribution < -0.4 is 0 Å². The third kappa shape index (κ3) is 4.21. The van der Waals surface area contributed by atoms with Crippen molar-refractivity contribution >= 4 is 28.8 Å². The lowest BCUT2D eigenvalue weighted by Crippen LogP contribution is -2.23. The van der Waals surface area contributed by atoms with E-state index in [1.165, 1.54) is 7.11 Å². The third-order valence-electron chi connectivity index (χ3n) is 2.11. The molecule has 1 rings (SSSR count). The quantitative estimate of drug-likeness (QED) is 0.816. The molecular formula is C12H12O5S. The minimum Gasteiger partial charge on any atom is -0.480 e. The van der Waals surface area contributed by atoms with E-state index >= 15 is 0 Å². The first-order valence-electron chi connectivity index (χ1n) is 5.10. The van der Waals surface area contributed by atoms with Gasteiger partial charge >= 0.3 is 11.9 Å². The number of benzene rings is 1. The minimum atomic E-state index is -1.21. The van der Waals surface area contributed by atoms with E-state index in [9.17, 15) is 14.4 Å². The molecule has 0 radical (unpaired) electrons. The number of carbonyl (C=O) groups excluding carboxylic acids is 2. The lowest BCUT2D eigenvalue weighted by molar-refractivity contribution is -0.145. The molecule has 0 spiro atoms. The van der Waals surface area contributed by atoms with Crippen LogP contribution in [0, 0.1) is 0 Å². The van der Waals surface area contributed by atoms with Gasteiger partial charge in [0, 0.05) is 5.56 Å². The van der Waals surface area contributed by atoms with Crippen molar-refractivity contribution in [1.82, 2.24) is 0 Å². The number of methoxy groups -OCH3 is 1. The van der Waals surface area contributed by atoms with Gasteiger partial charge in [0.25, 0.3) is 0 Å². The highest BCUT2D eigenvalue weighted by Crippen LogP contribution is 2.21. The van der Waals surface area contributed by atoms with Crippen molar-refractivity contribution in [3.63, 3.8) is 0 Å². The molecule has 0 aliphatic heterocycles. The number of carboxylic acids is 1. The summed E-state index contributed by atoms with van der Waals surface area (Å²) in [5.74, 6) is -1.87. The van der Waals surface area contributed by atoms with Crippen LogP contribution in [0.25, 0.3) is 0 Å². The van der Waals surface area contributed by atoms with E-state index in [0.717, 1.165) is 0 Å². The fourth-order valence-corrected chi connectivity index (χ4v) is 2.04. The van der Waals surface area contributed by atoms with Crippen LogP contribution in [0.5, 0.6) is 0 Å². The minimum absolute atomic E-state index is 0.338. The van der Waals surface area contributed by atoms with Crippen molar-refractivity contribution in [2.75, 3.05) is 7.11 Å². The molecule has 6 heteroatoms. The van der Waals surface area contributed by atoms with Crippen molar-refractivity contribution in [2.24, 2.45) is 0 Å². The number of carbonyl (C=O) groups is 3. The Labute approximate surface area is 108 Å². The number of rotatable bonds is 5. The molecule has 18 heavy (non-hydrogen) atoms. The highest BCUT2D eigenvalue weighted by molar-refractivity contribution is 8.15. The Morgan fingerprint density at radius 3 is 2.39 bits per heavy atom. The van der Waals surface area contributed by atoms with E-state index in [2.05, 4.69) is 4.74 Å². The Morgan fingerprint density at radius 2 is 1.89 bits per heavy atom. The number of ether oxygens (including phenoxy) is 1. The smallest absolute Gasteiger partial charge is 0.317 e. The van der Waals surface area contributed by atoms with Crippen LogP contribution in [0.4, 0.5) is 0 Å². The molecule has 0 heterocycles. The summed E-state index contributed by atoms with van der Waals surface area (Å²) in [5.41, 5.74) is 0.401. The molecule has 1 N–H and O–H groups in total. The van der Waals surface area contributed by atoms with Gasteiger partial charge in [-0.2, -0.15) is 0 Å². The standard InChI is InChI=1S/C12H12O5S/c1-17-10(13)7-9(11(14)15)18-12(16)8-5-3-2-4-6-8/h2-6,9H,7H2,1H3,(H,14,15). The predicted molar refractivity (Wildman–Crippen MR) is 66.4 cm³/mol. The largest absolute Gasteiger partial charge is 0.480 e. The monoisotopic (exact) mass is 268 g/mol. The summed E-state index contributed by atoms with van der Waals surface area (Å²) >= 11 is 0.610. The molecule has 0 bridgehead atoms. The normalized spacial score (nSPS) is 11.6. The molecule has 0 aliphatic carbocycles. The first kappa shape index (κ1) is 14.2. The topological polar surface area (TPSA) is 80.7 Å². The van der Waals surface area contributed by atoms with E-state index in [4.69, 9.17) is 5.11 Å². The fourth-order valence-electron chi connectivity index (χ4n) is 1.19. The van der Waals surface area contributed by atoms with Gasteiger partial charge in [-0.15, -0.1) is 0 Å². The second-order valence-electron chi connectivity index (χ2n) is 3.38. The first-order valence-corrected chi connectivity index (χ1v) is 5.98. The Hall–Kier alpha value is -1.82. The Balaban J connectivity index is 2.70. The van der Waals surface area contributed by atoms with Gasteiger partial charge in [-0.25, -0.2) is 0 Å². The third-order valence-corrected chi connectivity index (χ3v) is 3.22. The molecule has 0 aliphatic rings. The van der Waals surface area contributed by atoms with Gasteiger partial charge in [0.15, 0.2) is 0 Å². The lowest BCUT2D eigenvalue weighted by Gasteiger charge is -2.09. The maximum atomic E-state index is 11.8. The second-order valence-corrected chi connectivity index (χ2v) is 4.55. The SMILES string of the molecule is COC(=O)CC(SC(=O)c1ccccc1)C(=O)O. The van der Waals surface area contributed by atoms with Crippen LogP contribution in [0.15, 0.2) is 30.3 Å². The van der Waals surface area contributed by atoms with E-state index in [1.807, 2.05) is 0 Å². The average molecular weight is 268 g/mol. The molecule has 0 fully saturated rings. The van der Waals surface area contributed by atoms with E-state index in [1.54, 1.807) is 30.3 Å². The number of esters is 1. The van der Waals surface area contributed by atoms with E-state index in [0.29, 0.717) is 17.3 Å². The predicted octanol–water partition coefficient (Wildman–Crippen LogP) is 1.58. The molecule has 96 valence electrons. The lowest BCUT2D eigenvalue weighted by atomic mass is 10.2. The summed E-state index contributed by atoms with van der Waals surface area (Å²) in [6, 6.07) is 8.30. The maximum absolute atomic E-state index is 11.8. The van der Waals surface area contributed by atoms with Gasteiger partial charge in [0.2, 0.25) is 5.12 Å². The molecule has 0 amide bonds. The van der Waals surface area contributed by atoms with Gasteiger partial charge in [-0.1, -0.05) is 42.1 Å². The van der Waals surface area contributed by atoms with Gasteiger partial charge in [-0.05, 0) is 0 Å². The van der Waals surface area contributed by atoms with Crippen molar-refractivity contribution in [1.29, 1.82) is 0 Å². The zero-order valence-corrected chi connectivity index (χ0v) is 10.5. The van der Waals surface area contributed by atoms with Gasteiger partial charge < -0.3 is 9.84 Å². The summed E-state index contributed by atoms with van der Waals surface area (Å²) in [5, 5.41) is 7.42. The number of carboxylic acid groups (broad SMARTS) is 1. The highest BCUT2D eigenvalue weighted by atomic mass is 32.2. The number of hydrogen-bond acceptors (Lipinski definition) is 5. The van der Waals surface area contributed by atoms with E-state index in [-0.39, 0.29) is 11.5 Å². The van der Waals surface area contributed by atoms with Crippen LogP contribution in [0.1, 0.15) is 16.8 Å². The van der Waals surface area contributed by atoms with E-state index < -0.39 is 17.2 Å². The summed E-state index contributed by atoms with van der Waals surface area (Å²) in [7, 11) is 1.17. The molecule has 1 atom stereocenters. The Morgan fingerprint density at radius 1 is 1.28 bits per heavy atom. The summed E-state index contributed by atoms with van der Waals surface area (Å²) in [6.07, 6.45) is -0.338. The maximum Gasteiger partial charge on any atom is 0.317 e. The molecule has 0 aromatic heterocycles. The van der Waals surface area contributed by atoms with Gasteiger partial charge in [0.05, 0.1) is 13.5 Å². The number of hydrogen-bond donors (Lipinski definition) is 1. The number of aliphatic carboxylic acids is 1. The summed E-state index contributed by atoms with van der Waals surface area (Å²) in [6.45, 7) is 0. The molecule has 1 unspecified atom stereocenters. The number of thioether (sulfide) groups is 1. The molecule has 5 nitrogen and oxygen atoms in total. The average Bonchev–Trinajstić information content (AvgIpc) is 2.38. The van der Waals surface area contributed by atoms with Crippen LogP contribution in [-0.4, -0.2) is 34.5 Å². The van der Waals surface area contributed by atoms with Gasteiger partial charge in [0.1, 0.15) is 5.25 Å². The van der Waals surface area contributed by atoms with Crippen molar-refractivity contribution < 1.29 is 24.2 Å². The zero-order valence-electron chi connectivity index (χ0n) is 9.66. The van der Waals surface area contributed by atoms with Crippen molar-refractivity contribution in [3.05, 3.63) is 35.9 Å². The molecule has 0 saturated carbocycles. The highest BCUT2D eigenvalue weighted by Gasteiger charge is 2.26. The molecular weight excluding hydrogens is 256 g/mol. The Bertz CT molecular complexity index is 443. The second kappa shape index (κ2) is 6.80. The van der Waals surface area contributed by atoms with Crippen LogP contribution >= 0.6 is 11.8 Å². The van der Waals surface area contributed by atoms with Crippen molar-refractivity contribution in [2.45, 2.75) is 11.7 Å². The van der Waals surface area contributed by atoms with Gasteiger partial charge in [-0.3, -0.25) is 14.4 Å². The Kier molecular flexibility index (Phi) is 5.38. The van der Waals surface area contributed by atoms with Crippen LogP contribution in [0.3, 0.4) is 0 Å². The van der Waals surface area contributed by atoms with Crippen LogP contribution in [0.2, 0.25) is 0 Å². The summed E-state index contributed by atoms with van der Waals surface area (Å²) in [4.78, 5) is 33.7. The zero-order chi connectivity index (χ0) is 13.5. The van der Waals surface area contributed by atoms with Crippen molar-refractivity contribution in [3.8, 4) is 0 Å².